The van der Waals surface area contributed by atoms with Crippen LogP contribution in [0.15, 0.2) is 9.98 Å². The third kappa shape index (κ3) is 2.98. The second-order valence-corrected chi connectivity index (χ2v) is 3.70. The van der Waals surface area contributed by atoms with Gasteiger partial charge in [0.25, 0.3) is 0 Å². The number of hydrogen-bond donors (Lipinski definition) is 0. The molecular weight excluding hydrogens is 178 g/mol. The van der Waals surface area contributed by atoms with Gasteiger partial charge >= 0.3 is 0 Å². The molecule has 0 atom stereocenters. The highest BCUT2D eigenvalue weighted by Crippen LogP contribution is 2.14. The van der Waals surface area contributed by atoms with E-state index in [0.29, 0.717) is 0 Å². The molecule has 11 heavy (non-hydrogen) atoms. The van der Waals surface area contributed by atoms with E-state index >= 15 is 0 Å². The van der Waals surface area contributed by atoms with E-state index in [-0.39, 0.29) is 0 Å². The molecule has 0 fully saturated rings. The van der Waals surface area contributed by atoms with Gasteiger partial charge in [-0.2, -0.15) is 0 Å². The van der Waals surface area contributed by atoms with Crippen LogP contribution in [0.25, 0.3) is 0 Å². The van der Waals surface area contributed by atoms with Crippen LogP contribution in [0.1, 0.15) is 0 Å². The van der Waals surface area contributed by atoms with Crippen LogP contribution in [-0.4, -0.2) is 41.2 Å². The fourth-order valence-electron chi connectivity index (χ4n) is 0.529. The van der Waals surface area contributed by atoms with E-state index in [9.17, 15) is 0 Å². The molecule has 1 heterocycles. The third-order valence-electron chi connectivity index (χ3n) is 0.944. The SMILES string of the molecule is CN(C)C=NC1=NC(=S)CS1. The first-order chi connectivity index (χ1) is 5.18. The van der Waals surface area contributed by atoms with E-state index in [1.165, 1.54) is 0 Å². The predicted octanol–water partition coefficient (Wildman–Crippen LogP) is 1.01. The molecule has 0 N–H and O–H groups in total. The average Bonchev–Trinajstić information content (AvgIpc) is 2.31. The molecule has 1 aliphatic rings. The lowest BCUT2D eigenvalue weighted by Crippen LogP contribution is -2.08. The molecule has 0 aromatic carbocycles. The van der Waals surface area contributed by atoms with Gasteiger partial charge in [-0.05, 0) is 0 Å². The molecule has 0 saturated carbocycles. The highest BCUT2D eigenvalue weighted by molar-refractivity contribution is 8.15. The van der Waals surface area contributed by atoms with Crippen LogP contribution in [0.5, 0.6) is 0 Å². The van der Waals surface area contributed by atoms with E-state index in [0.717, 1.165) is 15.9 Å². The Morgan fingerprint density at radius 2 is 2.45 bits per heavy atom. The lowest BCUT2D eigenvalue weighted by molar-refractivity contribution is 0.644. The first-order valence-electron chi connectivity index (χ1n) is 3.13. The first kappa shape index (κ1) is 8.67. The van der Waals surface area contributed by atoms with E-state index in [2.05, 4.69) is 9.98 Å². The summed E-state index contributed by atoms with van der Waals surface area (Å²) in [6, 6.07) is 0. The topological polar surface area (TPSA) is 28.0 Å². The second kappa shape index (κ2) is 3.82. The lowest BCUT2D eigenvalue weighted by Gasteiger charge is -2.00. The van der Waals surface area contributed by atoms with Gasteiger partial charge < -0.3 is 4.90 Å². The molecule has 3 nitrogen and oxygen atoms in total. The Bertz CT molecular complexity index is 220. The molecule has 0 unspecified atom stereocenters. The van der Waals surface area contributed by atoms with Crippen LogP contribution in [-0.2, 0) is 0 Å². The number of rotatable bonds is 1. The van der Waals surface area contributed by atoms with Gasteiger partial charge in [-0.15, -0.1) is 0 Å². The van der Waals surface area contributed by atoms with Crippen molar-refractivity contribution in [3.63, 3.8) is 0 Å². The first-order valence-corrected chi connectivity index (χ1v) is 4.53. The molecule has 0 aromatic heterocycles. The van der Waals surface area contributed by atoms with Crippen molar-refractivity contribution in [1.82, 2.24) is 4.90 Å². The molecule has 1 rings (SSSR count). The molecule has 1 aliphatic heterocycles. The Labute approximate surface area is 75.6 Å². The number of aliphatic imine (C=N–C) groups is 2. The maximum atomic E-state index is 4.88. The van der Waals surface area contributed by atoms with Gasteiger partial charge in [0.2, 0.25) is 0 Å². The normalized spacial score (nSPS) is 17.6. The number of nitrogens with zero attached hydrogens (tertiary/aromatic N) is 3. The van der Waals surface area contributed by atoms with Gasteiger partial charge in [0, 0.05) is 14.1 Å². The lowest BCUT2D eigenvalue weighted by atomic mass is 10.8. The minimum absolute atomic E-state index is 0.737. The Morgan fingerprint density at radius 3 is 2.91 bits per heavy atom. The summed E-state index contributed by atoms with van der Waals surface area (Å²) in [6.45, 7) is 0. The maximum Gasteiger partial charge on any atom is 0.190 e. The molecule has 0 radical (unpaired) electrons. The predicted molar refractivity (Wildman–Crippen MR) is 54.7 cm³/mol. The van der Waals surface area contributed by atoms with Crippen molar-refractivity contribution in [2.24, 2.45) is 9.98 Å². The summed E-state index contributed by atoms with van der Waals surface area (Å²) in [4.78, 5) is 10.7. The standard InChI is InChI=1S/C6H9N3S2/c1-9(2)4-7-6-8-5(10)3-11-6/h4H,3H2,1-2H3. The van der Waals surface area contributed by atoms with Crippen LogP contribution >= 0.6 is 24.0 Å². The van der Waals surface area contributed by atoms with Crippen molar-refractivity contribution in [3.05, 3.63) is 0 Å². The fraction of sp³-hybridized carbons (Fsp3) is 0.500. The fourth-order valence-corrected chi connectivity index (χ4v) is 1.46. The van der Waals surface area contributed by atoms with Crippen molar-refractivity contribution >= 4 is 40.5 Å². The van der Waals surface area contributed by atoms with Crippen molar-refractivity contribution in [1.29, 1.82) is 0 Å². The molecule has 0 bridgehead atoms. The van der Waals surface area contributed by atoms with Crippen molar-refractivity contribution in [2.45, 2.75) is 0 Å². The highest BCUT2D eigenvalue weighted by Gasteiger charge is 2.09. The van der Waals surface area contributed by atoms with Crippen LogP contribution < -0.4 is 0 Å². The zero-order valence-corrected chi connectivity index (χ0v) is 8.08. The third-order valence-corrected chi connectivity index (χ3v) is 2.24. The van der Waals surface area contributed by atoms with E-state index in [1.807, 2.05) is 19.0 Å². The summed E-state index contributed by atoms with van der Waals surface area (Å²) in [5.74, 6) is 0.801. The van der Waals surface area contributed by atoms with E-state index < -0.39 is 0 Å². The quantitative estimate of drug-likeness (QED) is 0.348. The monoisotopic (exact) mass is 187 g/mol. The summed E-state index contributed by atoms with van der Waals surface area (Å²) in [5.41, 5.74) is 0. The Kier molecular flexibility index (Phi) is 3.02. The number of thiocarbonyl (C=S) groups is 1. The number of thioether (sulfide) groups is 1. The molecule has 0 aromatic rings. The van der Waals surface area contributed by atoms with Crippen molar-refractivity contribution < 1.29 is 0 Å². The molecule has 0 spiro atoms. The van der Waals surface area contributed by atoms with Gasteiger partial charge in [0.1, 0.15) is 4.99 Å². The Hall–Kier alpha value is -0.420. The highest BCUT2D eigenvalue weighted by atomic mass is 32.2. The van der Waals surface area contributed by atoms with Gasteiger partial charge in [0.05, 0.1) is 12.1 Å². The molecule has 0 aliphatic carbocycles. The summed E-state index contributed by atoms with van der Waals surface area (Å²) in [5, 5.41) is 0.767. The number of hydrogen-bond acceptors (Lipinski definition) is 3. The van der Waals surface area contributed by atoms with Gasteiger partial charge in [-0.1, -0.05) is 24.0 Å². The minimum Gasteiger partial charge on any atom is -0.369 e. The minimum atomic E-state index is 0.737. The zero-order valence-electron chi connectivity index (χ0n) is 6.44. The van der Waals surface area contributed by atoms with Crippen LogP contribution in [0, 0.1) is 0 Å². The second-order valence-electron chi connectivity index (χ2n) is 2.28. The van der Waals surface area contributed by atoms with Crippen LogP contribution in [0.4, 0.5) is 0 Å². The van der Waals surface area contributed by atoms with Crippen LogP contribution in [0.2, 0.25) is 0 Å². The smallest absolute Gasteiger partial charge is 0.190 e. The largest absolute Gasteiger partial charge is 0.369 e. The Morgan fingerprint density at radius 1 is 1.73 bits per heavy atom. The van der Waals surface area contributed by atoms with Crippen molar-refractivity contribution in [3.8, 4) is 0 Å². The maximum absolute atomic E-state index is 4.88. The average molecular weight is 187 g/mol. The molecular formula is C6H9N3S2. The van der Waals surface area contributed by atoms with E-state index in [4.69, 9.17) is 12.2 Å². The summed E-state index contributed by atoms with van der Waals surface area (Å²) in [7, 11) is 3.84. The number of amidine groups is 1. The molecule has 60 valence electrons. The van der Waals surface area contributed by atoms with Crippen LogP contribution in [0.3, 0.4) is 0 Å². The molecule has 0 saturated heterocycles. The van der Waals surface area contributed by atoms with Gasteiger partial charge in [0.15, 0.2) is 5.17 Å². The van der Waals surface area contributed by atoms with Gasteiger partial charge in [-0.25, -0.2) is 9.98 Å². The van der Waals surface area contributed by atoms with Gasteiger partial charge in [-0.3, -0.25) is 0 Å². The zero-order chi connectivity index (χ0) is 8.27. The molecule has 0 amide bonds. The van der Waals surface area contributed by atoms with Crippen molar-refractivity contribution in [2.75, 3.05) is 19.8 Å². The van der Waals surface area contributed by atoms with E-state index in [1.54, 1.807) is 18.1 Å². The molecule has 5 heteroatoms. The summed E-state index contributed by atoms with van der Waals surface area (Å²) >= 11 is 6.46. The summed E-state index contributed by atoms with van der Waals surface area (Å²) in [6.07, 6.45) is 1.72. The summed E-state index contributed by atoms with van der Waals surface area (Å²) < 4.78 is 0. The Balaban J connectivity index is 2.50.